The molecule has 0 aromatic heterocycles. The lowest BCUT2D eigenvalue weighted by molar-refractivity contribution is 0.231. The van der Waals surface area contributed by atoms with Crippen LogP contribution in [0.2, 0.25) is 0 Å². The van der Waals surface area contributed by atoms with Crippen molar-refractivity contribution in [3.05, 3.63) is 35.4 Å². The molecule has 0 saturated carbocycles. The maximum atomic E-state index is 3.58. The molecule has 3 nitrogen and oxygen atoms in total. The second-order valence-electron chi connectivity index (χ2n) is 5.31. The molecule has 1 aliphatic rings. The Hall–Kier alpha value is -0.900. The Bertz CT molecular complexity index is 365. The maximum absolute atomic E-state index is 3.58. The van der Waals surface area contributed by atoms with Crippen LogP contribution in [0.3, 0.4) is 0 Å². The van der Waals surface area contributed by atoms with Gasteiger partial charge in [-0.1, -0.05) is 24.3 Å². The van der Waals surface area contributed by atoms with Crippen LogP contribution in [0, 0.1) is 6.92 Å². The first kappa shape index (κ1) is 13.5. The number of nitrogens with zero attached hydrogens (tertiary/aromatic N) is 1. The normalized spacial score (nSPS) is 21.1. The van der Waals surface area contributed by atoms with Crippen molar-refractivity contribution < 1.29 is 0 Å². The van der Waals surface area contributed by atoms with Crippen molar-refractivity contribution in [2.45, 2.75) is 25.9 Å². The molecule has 1 aromatic carbocycles. The molecule has 1 heterocycles. The predicted octanol–water partition coefficient (Wildman–Crippen LogP) is 1.38. The molecule has 0 bridgehead atoms. The van der Waals surface area contributed by atoms with Crippen molar-refractivity contribution in [1.82, 2.24) is 15.5 Å². The highest BCUT2D eigenvalue weighted by molar-refractivity contribution is 5.25. The first-order valence-electron chi connectivity index (χ1n) is 6.93. The molecule has 1 fully saturated rings. The zero-order chi connectivity index (χ0) is 12.8. The Morgan fingerprint density at radius 1 is 1.39 bits per heavy atom. The molecule has 1 saturated heterocycles. The van der Waals surface area contributed by atoms with E-state index in [9.17, 15) is 0 Å². The third-order valence-corrected chi connectivity index (χ3v) is 3.70. The molecule has 18 heavy (non-hydrogen) atoms. The molecule has 2 rings (SSSR count). The smallest absolute Gasteiger partial charge is 0.0208 e. The summed E-state index contributed by atoms with van der Waals surface area (Å²) in [7, 11) is 2.20. The van der Waals surface area contributed by atoms with E-state index in [0.29, 0.717) is 6.04 Å². The van der Waals surface area contributed by atoms with Gasteiger partial charge < -0.3 is 15.5 Å². The molecule has 1 unspecified atom stereocenters. The first-order valence-corrected chi connectivity index (χ1v) is 6.93. The highest BCUT2D eigenvalue weighted by Gasteiger charge is 2.15. The minimum atomic E-state index is 0.646. The fourth-order valence-corrected chi connectivity index (χ4v) is 2.49. The van der Waals surface area contributed by atoms with E-state index in [1.165, 1.54) is 30.6 Å². The SMILES string of the molecule is Cc1ccccc1CNCCC1CN(C)CCN1. The van der Waals surface area contributed by atoms with E-state index in [2.05, 4.69) is 53.8 Å². The van der Waals surface area contributed by atoms with Crippen molar-refractivity contribution in [3.63, 3.8) is 0 Å². The zero-order valence-corrected chi connectivity index (χ0v) is 11.6. The molecule has 100 valence electrons. The van der Waals surface area contributed by atoms with Gasteiger partial charge in [-0.25, -0.2) is 0 Å². The Morgan fingerprint density at radius 3 is 3.00 bits per heavy atom. The molecule has 0 spiro atoms. The van der Waals surface area contributed by atoms with Crippen LogP contribution in [0.1, 0.15) is 17.5 Å². The van der Waals surface area contributed by atoms with E-state index >= 15 is 0 Å². The lowest BCUT2D eigenvalue weighted by Crippen LogP contribution is -2.49. The van der Waals surface area contributed by atoms with Crippen molar-refractivity contribution in [1.29, 1.82) is 0 Å². The van der Waals surface area contributed by atoms with Gasteiger partial charge >= 0.3 is 0 Å². The number of nitrogens with one attached hydrogen (secondary N) is 2. The summed E-state index contributed by atoms with van der Waals surface area (Å²) in [6.07, 6.45) is 1.20. The quantitative estimate of drug-likeness (QED) is 0.770. The van der Waals surface area contributed by atoms with Gasteiger partial charge in [0.05, 0.1) is 0 Å². The Balaban J connectivity index is 1.65. The van der Waals surface area contributed by atoms with Crippen LogP contribution in [-0.4, -0.2) is 44.2 Å². The van der Waals surface area contributed by atoms with E-state index < -0.39 is 0 Å². The second-order valence-corrected chi connectivity index (χ2v) is 5.31. The number of aryl methyl sites for hydroxylation is 1. The minimum absolute atomic E-state index is 0.646. The summed E-state index contributed by atoms with van der Waals surface area (Å²) in [5.41, 5.74) is 2.78. The van der Waals surface area contributed by atoms with Gasteiger partial charge in [0.15, 0.2) is 0 Å². The fourth-order valence-electron chi connectivity index (χ4n) is 2.49. The van der Waals surface area contributed by atoms with E-state index in [4.69, 9.17) is 0 Å². The van der Waals surface area contributed by atoms with E-state index in [-0.39, 0.29) is 0 Å². The van der Waals surface area contributed by atoms with Gasteiger partial charge in [-0.2, -0.15) is 0 Å². The lowest BCUT2D eigenvalue weighted by atomic mass is 10.1. The topological polar surface area (TPSA) is 27.3 Å². The molecule has 1 aliphatic heterocycles. The molecule has 1 aromatic rings. The van der Waals surface area contributed by atoms with Gasteiger partial charge in [0, 0.05) is 32.2 Å². The summed E-state index contributed by atoms with van der Waals surface area (Å²) in [5.74, 6) is 0. The summed E-state index contributed by atoms with van der Waals surface area (Å²) in [6.45, 7) is 7.71. The van der Waals surface area contributed by atoms with Gasteiger partial charge in [-0.05, 0) is 38.1 Å². The lowest BCUT2D eigenvalue weighted by Gasteiger charge is -2.31. The van der Waals surface area contributed by atoms with Gasteiger partial charge in [0.1, 0.15) is 0 Å². The number of likely N-dealkylation sites (N-methyl/N-ethyl adjacent to an activating group) is 1. The highest BCUT2D eigenvalue weighted by Crippen LogP contribution is 2.06. The number of hydrogen-bond acceptors (Lipinski definition) is 3. The van der Waals surface area contributed by atoms with E-state index in [1.807, 2.05) is 0 Å². The van der Waals surface area contributed by atoms with Gasteiger partial charge in [0.2, 0.25) is 0 Å². The van der Waals surface area contributed by atoms with Gasteiger partial charge in [-0.3, -0.25) is 0 Å². The van der Waals surface area contributed by atoms with Gasteiger partial charge in [0.25, 0.3) is 0 Å². The Kier molecular flexibility index (Phi) is 5.17. The monoisotopic (exact) mass is 247 g/mol. The molecule has 1 atom stereocenters. The first-order chi connectivity index (χ1) is 8.75. The van der Waals surface area contributed by atoms with Gasteiger partial charge in [-0.15, -0.1) is 0 Å². The third kappa shape index (κ3) is 4.09. The summed E-state index contributed by atoms with van der Waals surface area (Å²) in [4.78, 5) is 2.41. The van der Waals surface area contributed by atoms with Crippen LogP contribution in [-0.2, 0) is 6.54 Å². The third-order valence-electron chi connectivity index (χ3n) is 3.70. The average molecular weight is 247 g/mol. The summed E-state index contributed by atoms with van der Waals surface area (Å²) < 4.78 is 0. The molecule has 3 heteroatoms. The standard InChI is InChI=1S/C15H25N3/c1-13-5-3-4-6-14(13)11-16-8-7-15-12-18(2)10-9-17-15/h3-6,15-17H,7-12H2,1-2H3. The summed E-state index contributed by atoms with van der Waals surface area (Å²) in [5, 5.41) is 7.12. The largest absolute Gasteiger partial charge is 0.313 e. The van der Waals surface area contributed by atoms with Crippen molar-refractivity contribution in [3.8, 4) is 0 Å². The van der Waals surface area contributed by atoms with Crippen molar-refractivity contribution in [2.24, 2.45) is 0 Å². The number of rotatable bonds is 5. The van der Waals surface area contributed by atoms with Crippen LogP contribution >= 0.6 is 0 Å². The van der Waals surface area contributed by atoms with Crippen molar-refractivity contribution in [2.75, 3.05) is 33.2 Å². The summed E-state index contributed by atoms with van der Waals surface area (Å²) >= 11 is 0. The maximum Gasteiger partial charge on any atom is 0.0208 e. The molecule has 0 amide bonds. The summed E-state index contributed by atoms with van der Waals surface area (Å²) in [6, 6.07) is 9.24. The van der Waals surface area contributed by atoms with Crippen LogP contribution in [0.25, 0.3) is 0 Å². The van der Waals surface area contributed by atoms with E-state index in [1.54, 1.807) is 0 Å². The van der Waals surface area contributed by atoms with E-state index in [0.717, 1.165) is 19.6 Å². The number of piperazine rings is 1. The van der Waals surface area contributed by atoms with Crippen LogP contribution < -0.4 is 10.6 Å². The predicted molar refractivity (Wildman–Crippen MR) is 76.8 cm³/mol. The molecule has 2 N–H and O–H groups in total. The zero-order valence-electron chi connectivity index (χ0n) is 11.6. The van der Waals surface area contributed by atoms with Crippen molar-refractivity contribution >= 4 is 0 Å². The fraction of sp³-hybridized carbons (Fsp3) is 0.600. The average Bonchev–Trinajstić information content (AvgIpc) is 2.37. The molecule has 0 radical (unpaired) electrons. The number of hydrogen-bond donors (Lipinski definition) is 2. The van der Waals surface area contributed by atoms with Crippen LogP contribution in [0.4, 0.5) is 0 Å². The van der Waals surface area contributed by atoms with Crippen LogP contribution in [0.5, 0.6) is 0 Å². The molecular formula is C15H25N3. The Labute approximate surface area is 111 Å². The highest BCUT2D eigenvalue weighted by atomic mass is 15.2. The minimum Gasteiger partial charge on any atom is -0.313 e. The molecular weight excluding hydrogens is 222 g/mol. The Morgan fingerprint density at radius 2 is 2.22 bits per heavy atom. The number of benzene rings is 1. The molecule has 0 aliphatic carbocycles. The van der Waals surface area contributed by atoms with Crippen LogP contribution in [0.15, 0.2) is 24.3 Å². The second kappa shape index (κ2) is 6.88.